The van der Waals surface area contributed by atoms with Crippen LogP contribution in [0.25, 0.3) is 0 Å². The molecule has 0 aromatic heterocycles. The van der Waals surface area contributed by atoms with Crippen molar-refractivity contribution < 1.29 is 19.1 Å². The monoisotopic (exact) mass is 332 g/mol. The summed E-state index contributed by atoms with van der Waals surface area (Å²) in [6.45, 7) is 0.272. The quantitative estimate of drug-likeness (QED) is 0.817. The Kier molecular flexibility index (Phi) is 4.92. The van der Waals surface area contributed by atoms with Crippen LogP contribution in [0.3, 0.4) is 0 Å². The van der Waals surface area contributed by atoms with Crippen LogP contribution in [-0.2, 0) is 14.3 Å². The highest BCUT2D eigenvalue weighted by atomic mass is 35.5. The van der Waals surface area contributed by atoms with Gasteiger partial charge in [0.2, 0.25) is 5.91 Å². The van der Waals surface area contributed by atoms with E-state index in [2.05, 4.69) is 5.32 Å². The van der Waals surface area contributed by atoms with Crippen LogP contribution in [0.15, 0.2) is 18.2 Å². The number of halogens is 2. The van der Waals surface area contributed by atoms with Gasteiger partial charge in [0.1, 0.15) is 5.75 Å². The lowest BCUT2D eigenvalue weighted by molar-refractivity contribution is -0.139. The van der Waals surface area contributed by atoms with Crippen molar-refractivity contribution >= 4 is 35.0 Å². The Hall–Kier alpha value is -1.50. The summed E-state index contributed by atoms with van der Waals surface area (Å²) < 4.78 is 10.3. The van der Waals surface area contributed by atoms with Crippen LogP contribution >= 0.6 is 23.2 Å². The zero-order valence-electron chi connectivity index (χ0n) is 11.0. The lowest BCUT2D eigenvalue weighted by atomic mass is 9.92. The molecule has 2 amide bonds. The van der Waals surface area contributed by atoms with Crippen molar-refractivity contribution in [3.8, 4) is 5.75 Å². The first-order valence-corrected chi connectivity index (χ1v) is 6.91. The average Bonchev–Trinajstić information content (AvgIpc) is 2.34. The first-order chi connectivity index (χ1) is 9.90. The molecule has 0 atom stereocenters. The van der Waals surface area contributed by atoms with Crippen molar-refractivity contribution in [1.29, 1.82) is 0 Å². The normalized spacial score (nSPS) is 15.9. The average molecular weight is 333 g/mol. The Balaban J connectivity index is 1.88. The Morgan fingerprint density at radius 2 is 2.10 bits per heavy atom. The van der Waals surface area contributed by atoms with Gasteiger partial charge in [0.15, 0.2) is 6.61 Å². The largest absolute Gasteiger partial charge is 0.482 e. The fourth-order valence-corrected chi connectivity index (χ4v) is 2.43. The van der Waals surface area contributed by atoms with Crippen LogP contribution in [-0.4, -0.2) is 37.2 Å². The van der Waals surface area contributed by atoms with Gasteiger partial charge in [-0.05, 0) is 18.2 Å². The Morgan fingerprint density at radius 3 is 2.62 bits per heavy atom. The first kappa shape index (κ1) is 15.9. The number of primary amides is 1. The predicted octanol–water partition coefficient (Wildman–Crippen LogP) is 1.13. The molecule has 0 bridgehead atoms. The summed E-state index contributed by atoms with van der Waals surface area (Å²) >= 11 is 11.7. The van der Waals surface area contributed by atoms with E-state index >= 15 is 0 Å². The molecule has 0 aliphatic carbocycles. The molecule has 1 aliphatic heterocycles. The van der Waals surface area contributed by atoms with Crippen LogP contribution < -0.4 is 15.8 Å². The van der Waals surface area contributed by atoms with Gasteiger partial charge >= 0.3 is 0 Å². The summed E-state index contributed by atoms with van der Waals surface area (Å²) in [4.78, 5) is 22.9. The van der Waals surface area contributed by atoms with Gasteiger partial charge in [0.25, 0.3) is 5.91 Å². The van der Waals surface area contributed by atoms with E-state index in [9.17, 15) is 9.59 Å². The van der Waals surface area contributed by atoms with Gasteiger partial charge in [0, 0.05) is 5.02 Å². The molecule has 1 aromatic carbocycles. The van der Waals surface area contributed by atoms with Crippen molar-refractivity contribution in [3.05, 3.63) is 28.2 Å². The summed E-state index contributed by atoms with van der Waals surface area (Å²) in [6, 6.07) is 4.70. The van der Waals surface area contributed by atoms with Gasteiger partial charge in [-0.2, -0.15) is 0 Å². The van der Waals surface area contributed by atoms with Gasteiger partial charge in [0.05, 0.1) is 30.2 Å². The number of hydrogen-bond donors (Lipinski definition) is 2. The third-order valence-corrected chi connectivity index (χ3v) is 3.46. The van der Waals surface area contributed by atoms with Crippen molar-refractivity contribution in [2.45, 2.75) is 12.0 Å². The van der Waals surface area contributed by atoms with Crippen molar-refractivity contribution in [3.63, 3.8) is 0 Å². The van der Waals surface area contributed by atoms with E-state index in [1.54, 1.807) is 12.1 Å². The number of nitrogens with two attached hydrogens (primary N) is 1. The second-order valence-electron chi connectivity index (χ2n) is 4.83. The molecular weight excluding hydrogens is 319 g/mol. The maximum atomic E-state index is 11.9. The van der Waals surface area contributed by atoms with Crippen LogP contribution in [0.4, 0.5) is 0 Å². The van der Waals surface area contributed by atoms with E-state index in [0.717, 1.165) is 0 Å². The molecule has 1 heterocycles. The molecule has 2 rings (SSSR count). The fourth-order valence-electron chi connectivity index (χ4n) is 1.97. The highest BCUT2D eigenvalue weighted by Crippen LogP contribution is 2.27. The molecule has 0 saturated carbocycles. The molecule has 0 unspecified atom stereocenters. The van der Waals surface area contributed by atoms with E-state index in [-0.39, 0.29) is 32.1 Å². The fraction of sp³-hybridized carbons (Fsp3) is 0.385. The van der Waals surface area contributed by atoms with E-state index in [4.69, 9.17) is 38.4 Å². The standard InChI is InChI=1S/C13H14Cl2N2O4/c14-8-1-2-10(9(15)3-8)21-5-12(19)17-13(4-11(16)18)6-20-7-13/h1-3H,4-7H2,(H2,16,18)(H,17,19). The summed E-state index contributed by atoms with van der Waals surface area (Å²) in [7, 11) is 0. The van der Waals surface area contributed by atoms with Gasteiger partial charge in [-0.15, -0.1) is 0 Å². The number of hydrogen-bond acceptors (Lipinski definition) is 4. The van der Waals surface area contributed by atoms with E-state index in [1.165, 1.54) is 6.07 Å². The van der Waals surface area contributed by atoms with Crippen LogP contribution in [0.5, 0.6) is 5.75 Å². The SMILES string of the molecule is NC(=O)CC1(NC(=O)COc2ccc(Cl)cc2Cl)COC1. The van der Waals surface area contributed by atoms with Crippen LogP contribution in [0, 0.1) is 0 Å². The lowest BCUT2D eigenvalue weighted by Gasteiger charge is -2.41. The molecular formula is C13H14Cl2N2O4. The molecule has 1 aromatic rings. The predicted molar refractivity (Wildman–Crippen MR) is 77.5 cm³/mol. The molecule has 6 nitrogen and oxygen atoms in total. The topological polar surface area (TPSA) is 90.7 Å². The highest BCUT2D eigenvalue weighted by Gasteiger charge is 2.41. The zero-order chi connectivity index (χ0) is 15.5. The van der Waals surface area contributed by atoms with Crippen LogP contribution in [0.2, 0.25) is 10.0 Å². The van der Waals surface area contributed by atoms with E-state index in [0.29, 0.717) is 15.8 Å². The second kappa shape index (κ2) is 6.51. The van der Waals surface area contributed by atoms with Gasteiger partial charge in [-0.3, -0.25) is 9.59 Å². The molecule has 1 aliphatic rings. The van der Waals surface area contributed by atoms with E-state index in [1.807, 2.05) is 0 Å². The van der Waals surface area contributed by atoms with Gasteiger partial charge in [-0.25, -0.2) is 0 Å². The Labute approximate surface area is 131 Å². The summed E-state index contributed by atoms with van der Waals surface area (Å²) in [5.74, 6) is -0.532. The smallest absolute Gasteiger partial charge is 0.258 e. The zero-order valence-corrected chi connectivity index (χ0v) is 12.5. The summed E-state index contributed by atoms with van der Waals surface area (Å²) in [5, 5.41) is 3.49. The van der Waals surface area contributed by atoms with Gasteiger partial charge < -0.3 is 20.5 Å². The molecule has 3 N–H and O–H groups in total. The third kappa shape index (κ3) is 4.23. The number of rotatable bonds is 6. The molecule has 0 radical (unpaired) electrons. The number of ether oxygens (including phenoxy) is 2. The lowest BCUT2D eigenvalue weighted by Crippen LogP contribution is -2.64. The molecule has 114 valence electrons. The summed E-state index contributed by atoms with van der Waals surface area (Å²) in [6.07, 6.45) is 0.0282. The highest BCUT2D eigenvalue weighted by molar-refractivity contribution is 6.35. The number of carbonyl (C=O) groups excluding carboxylic acids is 2. The number of nitrogens with one attached hydrogen (secondary N) is 1. The maximum Gasteiger partial charge on any atom is 0.258 e. The molecule has 8 heteroatoms. The molecule has 1 saturated heterocycles. The van der Waals surface area contributed by atoms with Gasteiger partial charge in [-0.1, -0.05) is 23.2 Å². The molecule has 0 spiro atoms. The molecule has 1 fully saturated rings. The number of benzene rings is 1. The maximum absolute atomic E-state index is 11.9. The van der Waals surface area contributed by atoms with Crippen LogP contribution in [0.1, 0.15) is 6.42 Å². The molecule has 21 heavy (non-hydrogen) atoms. The number of carbonyl (C=O) groups is 2. The summed E-state index contributed by atoms with van der Waals surface area (Å²) in [5.41, 5.74) is 4.43. The third-order valence-electron chi connectivity index (χ3n) is 2.93. The van der Waals surface area contributed by atoms with Crippen molar-refractivity contribution in [1.82, 2.24) is 5.32 Å². The van der Waals surface area contributed by atoms with Crippen molar-refractivity contribution in [2.75, 3.05) is 19.8 Å². The Morgan fingerprint density at radius 1 is 1.38 bits per heavy atom. The minimum atomic E-state index is -0.726. The minimum absolute atomic E-state index is 0.0282. The Bertz CT molecular complexity index is 561. The first-order valence-electron chi connectivity index (χ1n) is 6.15. The second-order valence-corrected chi connectivity index (χ2v) is 5.67. The number of amides is 2. The van der Waals surface area contributed by atoms with Crippen molar-refractivity contribution in [2.24, 2.45) is 5.73 Å². The van der Waals surface area contributed by atoms with E-state index < -0.39 is 11.4 Å². The minimum Gasteiger partial charge on any atom is -0.482 e.